The van der Waals surface area contributed by atoms with Gasteiger partial charge in [0.05, 0.1) is 18.0 Å². The van der Waals surface area contributed by atoms with Crippen LogP contribution >= 0.6 is 11.3 Å². The van der Waals surface area contributed by atoms with Gasteiger partial charge in [0.2, 0.25) is 0 Å². The van der Waals surface area contributed by atoms with Crippen molar-refractivity contribution in [2.75, 3.05) is 13.1 Å². The van der Waals surface area contributed by atoms with Gasteiger partial charge in [-0.1, -0.05) is 36.4 Å². The second kappa shape index (κ2) is 8.03. The summed E-state index contributed by atoms with van der Waals surface area (Å²) in [6, 6.07) is 18.8. The van der Waals surface area contributed by atoms with Crippen molar-refractivity contribution in [3.8, 4) is 0 Å². The van der Waals surface area contributed by atoms with Gasteiger partial charge in [0.1, 0.15) is 18.4 Å². The van der Waals surface area contributed by atoms with Crippen LogP contribution in [0.1, 0.15) is 32.4 Å². The molecule has 1 aromatic heterocycles. The van der Waals surface area contributed by atoms with Crippen LogP contribution in [0, 0.1) is 5.82 Å². The number of carbonyl (C=O) groups excluding carboxylic acids is 1. The summed E-state index contributed by atoms with van der Waals surface area (Å²) >= 11 is 1.72. The molecule has 1 aliphatic rings. The number of thiophene rings is 1. The minimum atomic E-state index is -0.393. The maximum Gasteiger partial charge on any atom is 0.251 e. The fourth-order valence-corrected chi connectivity index (χ4v) is 4.65. The Labute approximate surface area is 162 Å². The summed E-state index contributed by atoms with van der Waals surface area (Å²) in [5.41, 5.74) is 3.17. The smallest absolute Gasteiger partial charge is 0.251 e. The van der Waals surface area contributed by atoms with E-state index in [0.717, 1.165) is 19.5 Å². The topological polar surface area (TPSA) is 33.5 Å². The Kier molecular flexibility index (Phi) is 5.32. The molecule has 138 valence electrons. The maximum atomic E-state index is 13.4. The number of quaternary nitrogens is 1. The average Bonchev–Trinajstić information content (AvgIpc) is 3.22. The Morgan fingerprint density at radius 1 is 1.11 bits per heavy atom. The number of halogens is 1. The van der Waals surface area contributed by atoms with Crippen LogP contribution in [-0.2, 0) is 13.0 Å². The number of benzene rings is 2. The van der Waals surface area contributed by atoms with E-state index in [-0.39, 0.29) is 11.9 Å². The van der Waals surface area contributed by atoms with Crippen LogP contribution in [0.4, 0.5) is 4.39 Å². The van der Waals surface area contributed by atoms with E-state index in [1.807, 2.05) is 0 Å². The SMILES string of the molecule is O=C(NC[C@@H](c1cccs1)[NH+]1CCc2ccccc2C1)c1cccc(F)c1. The lowest BCUT2D eigenvalue weighted by molar-refractivity contribution is -0.945. The lowest BCUT2D eigenvalue weighted by Gasteiger charge is -2.32. The third kappa shape index (κ3) is 4.10. The van der Waals surface area contributed by atoms with Gasteiger partial charge in [0.15, 0.2) is 0 Å². The number of amides is 1. The van der Waals surface area contributed by atoms with Crippen LogP contribution in [-0.4, -0.2) is 19.0 Å². The highest BCUT2D eigenvalue weighted by Gasteiger charge is 2.29. The Hall–Kier alpha value is -2.50. The van der Waals surface area contributed by atoms with Crippen molar-refractivity contribution in [3.05, 3.63) is 93.4 Å². The highest BCUT2D eigenvalue weighted by atomic mass is 32.1. The highest BCUT2D eigenvalue weighted by molar-refractivity contribution is 7.10. The fourth-order valence-electron chi connectivity index (χ4n) is 3.76. The molecule has 27 heavy (non-hydrogen) atoms. The van der Waals surface area contributed by atoms with Gasteiger partial charge >= 0.3 is 0 Å². The molecule has 2 heterocycles. The van der Waals surface area contributed by atoms with Crippen molar-refractivity contribution in [2.45, 2.75) is 19.0 Å². The lowest BCUT2D eigenvalue weighted by atomic mass is 9.98. The zero-order valence-corrected chi connectivity index (χ0v) is 15.8. The van der Waals surface area contributed by atoms with Crippen molar-refractivity contribution in [1.82, 2.24) is 5.32 Å². The summed E-state index contributed by atoms with van der Waals surface area (Å²) in [6.07, 6.45) is 1.05. The van der Waals surface area contributed by atoms with Gasteiger partial charge < -0.3 is 10.2 Å². The standard InChI is InChI=1S/C22H21FN2OS/c23-19-8-3-7-17(13-19)22(26)24-14-20(21-9-4-12-27-21)25-11-10-16-5-1-2-6-18(16)15-25/h1-9,12-13,20H,10-11,14-15H2,(H,24,26)/p+1/t20-/m0/s1. The molecule has 1 amide bonds. The third-order valence-electron chi connectivity index (χ3n) is 5.18. The quantitative estimate of drug-likeness (QED) is 0.700. The summed E-state index contributed by atoms with van der Waals surface area (Å²) in [4.78, 5) is 15.2. The van der Waals surface area contributed by atoms with E-state index in [1.54, 1.807) is 23.5 Å². The molecule has 2 aromatic carbocycles. The van der Waals surface area contributed by atoms with Gasteiger partial charge in [-0.3, -0.25) is 4.79 Å². The van der Waals surface area contributed by atoms with E-state index in [9.17, 15) is 9.18 Å². The van der Waals surface area contributed by atoms with E-state index in [1.165, 1.54) is 33.0 Å². The van der Waals surface area contributed by atoms with Crippen molar-refractivity contribution in [1.29, 1.82) is 0 Å². The predicted molar refractivity (Wildman–Crippen MR) is 105 cm³/mol. The van der Waals surface area contributed by atoms with Crippen LogP contribution in [0.15, 0.2) is 66.0 Å². The number of fused-ring (bicyclic) bond motifs is 1. The van der Waals surface area contributed by atoms with Crippen LogP contribution in [0.25, 0.3) is 0 Å². The van der Waals surface area contributed by atoms with Crippen LogP contribution in [0.3, 0.4) is 0 Å². The summed E-state index contributed by atoms with van der Waals surface area (Å²) in [5.74, 6) is -0.622. The number of rotatable bonds is 5. The molecule has 1 unspecified atom stereocenters. The molecular weight excluding hydrogens is 359 g/mol. The number of nitrogens with one attached hydrogen (secondary N) is 2. The lowest BCUT2D eigenvalue weighted by Crippen LogP contribution is -3.12. The fraction of sp³-hybridized carbons (Fsp3) is 0.227. The first-order valence-corrected chi connectivity index (χ1v) is 10.1. The number of hydrogen-bond acceptors (Lipinski definition) is 2. The molecule has 0 saturated heterocycles. The van der Waals surface area contributed by atoms with Crippen LogP contribution in [0.5, 0.6) is 0 Å². The Morgan fingerprint density at radius 2 is 1.96 bits per heavy atom. The first-order chi connectivity index (χ1) is 13.2. The summed E-state index contributed by atoms with van der Waals surface area (Å²) in [5, 5.41) is 5.09. The van der Waals surface area contributed by atoms with Crippen molar-refractivity contribution in [3.63, 3.8) is 0 Å². The molecule has 0 saturated carbocycles. The Bertz CT molecular complexity index is 926. The van der Waals surface area contributed by atoms with Gasteiger partial charge in [0, 0.05) is 17.5 Å². The first-order valence-electron chi connectivity index (χ1n) is 9.19. The molecule has 2 atom stereocenters. The molecule has 1 aliphatic heterocycles. The van der Waals surface area contributed by atoms with Crippen molar-refractivity contribution in [2.24, 2.45) is 0 Å². The third-order valence-corrected chi connectivity index (χ3v) is 6.17. The highest BCUT2D eigenvalue weighted by Crippen LogP contribution is 2.19. The molecule has 2 N–H and O–H groups in total. The summed E-state index contributed by atoms with van der Waals surface area (Å²) in [6.45, 7) is 2.53. The number of carbonyl (C=O) groups is 1. The Morgan fingerprint density at radius 3 is 2.74 bits per heavy atom. The molecule has 0 radical (unpaired) electrons. The molecular formula is C22H22FN2OS+. The minimum Gasteiger partial charge on any atom is -0.346 e. The molecule has 5 heteroatoms. The molecule has 3 nitrogen and oxygen atoms in total. The largest absolute Gasteiger partial charge is 0.346 e. The molecule has 0 aliphatic carbocycles. The Balaban J connectivity index is 1.50. The zero-order valence-electron chi connectivity index (χ0n) is 15.0. The van der Waals surface area contributed by atoms with E-state index in [4.69, 9.17) is 0 Å². The maximum absolute atomic E-state index is 13.4. The number of hydrogen-bond donors (Lipinski definition) is 2. The van der Waals surface area contributed by atoms with Crippen molar-refractivity contribution >= 4 is 17.2 Å². The van der Waals surface area contributed by atoms with Crippen molar-refractivity contribution < 1.29 is 14.1 Å². The monoisotopic (exact) mass is 381 g/mol. The molecule has 0 spiro atoms. The zero-order chi connectivity index (χ0) is 18.6. The van der Waals surface area contributed by atoms with E-state index >= 15 is 0 Å². The predicted octanol–water partition coefficient (Wildman–Crippen LogP) is 3.00. The molecule has 3 aromatic rings. The second-order valence-electron chi connectivity index (χ2n) is 6.89. The van der Waals surface area contributed by atoms with Gasteiger partial charge in [-0.05, 0) is 35.2 Å². The van der Waals surface area contributed by atoms with Crippen LogP contribution in [0.2, 0.25) is 0 Å². The van der Waals surface area contributed by atoms with E-state index in [2.05, 4.69) is 47.1 Å². The first kappa shape index (κ1) is 17.9. The van der Waals surface area contributed by atoms with Gasteiger partial charge in [-0.25, -0.2) is 4.39 Å². The molecule has 0 bridgehead atoms. The van der Waals surface area contributed by atoms with E-state index in [0.29, 0.717) is 12.1 Å². The summed E-state index contributed by atoms with van der Waals surface area (Å²) < 4.78 is 13.4. The molecule has 0 fully saturated rings. The van der Waals surface area contributed by atoms with E-state index < -0.39 is 5.82 Å². The van der Waals surface area contributed by atoms with Gasteiger partial charge in [-0.2, -0.15) is 0 Å². The normalized spacial score (nSPS) is 17.1. The second-order valence-corrected chi connectivity index (χ2v) is 7.87. The summed E-state index contributed by atoms with van der Waals surface area (Å²) in [7, 11) is 0. The van der Waals surface area contributed by atoms with Crippen LogP contribution < -0.4 is 10.2 Å². The minimum absolute atomic E-state index is 0.191. The average molecular weight is 381 g/mol. The van der Waals surface area contributed by atoms with Gasteiger partial charge in [0.25, 0.3) is 5.91 Å². The molecule has 4 rings (SSSR count). The van der Waals surface area contributed by atoms with Gasteiger partial charge in [-0.15, -0.1) is 11.3 Å².